The van der Waals surface area contributed by atoms with Crippen molar-refractivity contribution < 1.29 is 19.1 Å². The molecule has 0 fully saturated rings. The van der Waals surface area contributed by atoms with E-state index in [1.54, 1.807) is 42.5 Å². The average Bonchev–Trinajstić information content (AvgIpc) is 3.03. The van der Waals surface area contributed by atoms with E-state index in [2.05, 4.69) is 22.9 Å². The van der Waals surface area contributed by atoms with Crippen molar-refractivity contribution in [3.63, 3.8) is 0 Å². The zero-order chi connectivity index (χ0) is 20.4. The predicted octanol–water partition coefficient (Wildman–Crippen LogP) is 5.85. The fourth-order valence-electron chi connectivity index (χ4n) is 3.02. The molecule has 4 nitrogen and oxygen atoms in total. The highest BCUT2D eigenvalue weighted by atomic mass is 79.9. The van der Waals surface area contributed by atoms with Gasteiger partial charge in [0, 0.05) is 10.5 Å². The molecule has 4 rings (SSSR count). The molecule has 1 aliphatic rings. The van der Waals surface area contributed by atoms with Crippen LogP contribution in [0.25, 0.3) is 6.08 Å². The summed E-state index contributed by atoms with van der Waals surface area (Å²) in [5, 5.41) is 0. The summed E-state index contributed by atoms with van der Waals surface area (Å²) in [5.74, 6) is 0.255. The number of Topliss-reactive ketones (excluding diaryl/α,β-unsaturated/α-hetero) is 1. The lowest BCUT2D eigenvalue weighted by Crippen LogP contribution is -2.09. The number of fused-ring (bicyclic) bond motifs is 1. The van der Waals surface area contributed by atoms with Gasteiger partial charge >= 0.3 is 5.97 Å². The number of hydrogen-bond acceptors (Lipinski definition) is 4. The molecule has 0 spiro atoms. The average molecular weight is 449 g/mol. The quantitative estimate of drug-likeness (QED) is 0.285. The number of allylic oxidation sites excluding steroid dienone is 1. The van der Waals surface area contributed by atoms with Gasteiger partial charge in [-0.25, -0.2) is 4.79 Å². The Balaban J connectivity index is 1.54. The SMILES string of the molecule is CCc1ccc(C=C2Oc3cc(OC(=O)c4ccccc4Br)ccc3C2=O)cc1. The zero-order valence-electron chi connectivity index (χ0n) is 15.6. The Labute approximate surface area is 176 Å². The summed E-state index contributed by atoms with van der Waals surface area (Å²) in [6.45, 7) is 2.09. The fraction of sp³-hybridized carbons (Fsp3) is 0.0833. The molecular formula is C24H17BrO4. The molecule has 3 aromatic rings. The van der Waals surface area contributed by atoms with E-state index in [0.717, 1.165) is 12.0 Å². The summed E-state index contributed by atoms with van der Waals surface area (Å²) in [5.41, 5.74) is 2.98. The minimum atomic E-state index is -0.492. The lowest BCUT2D eigenvalue weighted by atomic mass is 10.1. The van der Waals surface area contributed by atoms with Crippen molar-refractivity contribution in [3.05, 3.63) is 99.2 Å². The largest absolute Gasteiger partial charge is 0.452 e. The molecule has 29 heavy (non-hydrogen) atoms. The van der Waals surface area contributed by atoms with Gasteiger partial charge in [-0.3, -0.25) is 4.79 Å². The van der Waals surface area contributed by atoms with Crippen LogP contribution in [0.15, 0.2) is 77.0 Å². The number of ketones is 1. The molecule has 5 heteroatoms. The molecule has 0 amide bonds. The molecule has 0 bridgehead atoms. The van der Waals surface area contributed by atoms with Crippen LogP contribution >= 0.6 is 15.9 Å². The van der Waals surface area contributed by atoms with Crippen LogP contribution in [0.1, 0.15) is 38.8 Å². The van der Waals surface area contributed by atoms with Crippen LogP contribution in [0.3, 0.4) is 0 Å². The Hall–Kier alpha value is -3.18. The summed E-state index contributed by atoms with van der Waals surface area (Å²) in [6, 6.07) is 19.7. The molecule has 0 saturated carbocycles. The third-order valence-corrected chi connectivity index (χ3v) is 5.32. The third kappa shape index (κ3) is 4.00. The molecule has 0 saturated heterocycles. The number of aryl methyl sites for hydroxylation is 1. The van der Waals surface area contributed by atoms with Gasteiger partial charge in [0.05, 0.1) is 11.1 Å². The fourth-order valence-corrected chi connectivity index (χ4v) is 3.47. The van der Waals surface area contributed by atoms with E-state index < -0.39 is 5.97 Å². The van der Waals surface area contributed by atoms with Crippen molar-refractivity contribution in [1.29, 1.82) is 0 Å². The Morgan fingerprint density at radius 3 is 2.55 bits per heavy atom. The number of hydrogen-bond donors (Lipinski definition) is 0. The number of rotatable bonds is 4. The molecular weight excluding hydrogens is 432 g/mol. The maximum absolute atomic E-state index is 12.6. The van der Waals surface area contributed by atoms with Gasteiger partial charge in [0.2, 0.25) is 5.78 Å². The van der Waals surface area contributed by atoms with E-state index in [-0.39, 0.29) is 11.5 Å². The number of carbonyl (C=O) groups excluding carboxylic acids is 2. The van der Waals surface area contributed by atoms with Gasteiger partial charge in [0.1, 0.15) is 11.5 Å². The summed E-state index contributed by atoms with van der Waals surface area (Å²) >= 11 is 3.34. The predicted molar refractivity (Wildman–Crippen MR) is 114 cm³/mol. The van der Waals surface area contributed by atoms with E-state index in [1.165, 1.54) is 5.56 Å². The standard InChI is InChI=1S/C24H17BrO4/c1-2-15-7-9-16(10-8-15)13-22-23(26)19-12-11-17(14-21(19)29-22)28-24(27)18-5-3-4-6-20(18)25/h3-14H,2H2,1H3. The smallest absolute Gasteiger partial charge is 0.344 e. The van der Waals surface area contributed by atoms with Crippen LogP contribution in [-0.2, 0) is 6.42 Å². The Kier molecular flexibility index (Phi) is 5.32. The minimum absolute atomic E-state index is 0.191. The number of benzene rings is 3. The first-order valence-electron chi connectivity index (χ1n) is 9.19. The van der Waals surface area contributed by atoms with Crippen molar-refractivity contribution in [1.82, 2.24) is 0 Å². The second kappa shape index (κ2) is 8.05. The Morgan fingerprint density at radius 2 is 1.83 bits per heavy atom. The van der Waals surface area contributed by atoms with E-state index in [4.69, 9.17) is 9.47 Å². The van der Waals surface area contributed by atoms with Gasteiger partial charge in [-0.1, -0.05) is 43.3 Å². The maximum atomic E-state index is 12.6. The summed E-state index contributed by atoms with van der Waals surface area (Å²) in [7, 11) is 0. The first-order valence-corrected chi connectivity index (χ1v) is 9.98. The highest BCUT2D eigenvalue weighted by Crippen LogP contribution is 2.35. The van der Waals surface area contributed by atoms with Crippen LogP contribution in [0.2, 0.25) is 0 Å². The topological polar surface area (TPSA) is 52.6 Å². The van der Waals surface area contributed by atoms with E-state index in [0.29, 0.717) is 27.1 Å². The lowest BCUT2D eigenvalue weighted by Gasteiger charge is -2.07. The van der Waals surface area contributed by atoms with Crippen LogP contribution in [-0.4, -0.2) is 11.8 Å². The second-order valence-corrected chi connectivity index (χ2v) is 7.42. The minimum Gasteiger partial charge on any atom is -0.452 e. The first-order chi connectivity index (χ1) is 14.0. The van der Waals surface area contributed by atoms with Crippen molar-refractivity contribution in [2.24, 2.45) is 0 Å². The molecule has 144 valence electrons. The molecule has 0 radical (unpaired) electrons. The third-order valence-electron chi connectivity index (χ3n) is 4.63. The lowest BCUT2D eigenvalue weighted by molar-refractivity contribution is 0.0733. The monoisotopic (exact) mass is 448 g/mol. The Morgan fingerprint density at radius 1 is 1.07 bits per heavy atom. The van der Waals surface area contributed by atoms with Crippen molar-refractivity contribution in [2.75, 3.05) is 0 Å². The van der Waals surface area contributed by atoms with Crippen molar-refractivity contribution >= 4 is 33.8 Å². The van der Waals surface area contributed by atoms with Crippen LogP contribution in [0.5, 0.6) is 11.5 Å². The molecule has 3 aromatic carbocycles. The number of esters is 1. The van der Waals surface area contributed by atoms with Gasteiger partial charge in [-0.15, -0.1) is 0 Å². The van der Waals surface area contributed by atoms with Gasteiger partial charge in [0.15, 0.2) is 5.76 Å². The van der Waals surface area contributed by atoms with Gasteiger partial charge < -0.3 is 9.47 Å². The van der Waals surface area contributed by atoms with E-state index in [1.807, 2.05) is 30.3 Å². The summed E-state index contributed by atoms with van der Waals surface area (Å²) < 4.78 is 11.8. The highest BCUT2D eigenvalue weighted by Gasteiger charge is 2.28. The molecule has 0 aromatic heterocycles. The maximum Gasteiger partial charge on any atom is 0.344 e. The summed E-state index contributed by atoms with van der Waals surface area (Å²) in [4.78, 5) is 25.0. The second-order valence-electron chi connectivity index (χ2n) is 6.56. The van der Waals surface area contributed by atoms with E-state index >= 15 is 0 Å². The van der Waals surface area contributed by atoms with Gasteiger partial charge in [-0.05, 0) is 63.8 Å². The van der Waals surface area contributed by atoms with Gasteiger partial charge in [-0.2, -0.15) is 0 Å². The number of ether oxygens (including phenoxy) is 2. The summed E-state index contributed by atoms with van der Waals surface area (Å²) in [6.07, 6.45) is 2.67. The van der Waals surface area contributed by atoms with Crippen LogP contribution in [0.4, 0.5) is 0 Å². The molecule has 1 aliphatic heterocycles. The molecule has 0 aliphatic carbocycles. The molecule has 0 N–H and O–H groups in total. The first kappa shape index (κ1) is 19.2. The normalized spacial score (nSPS) is 13.9. The zero-order valence-corrected chi connectivity index (χ0v) is 17.2. The van der Waals surface area contributed by atoms with Crippen molar-refractivity contribution in [2.45, 2.75) is 13.3 Å². The highest BCUT2D eigenvalue weighted by molar-refractivity contribution is 9.10. The number of halogens is 1. The van der Waals surface area contributed by atoms with Crippen molar-refractivity contribution in [3.8, 4) is 11.5 Å². The number of carbonyl (C=O) groups is 2. The van der Waals surface area contributed by atoms with Gasteiger partial charge in [0.25, 0.3) is 0 Å². The van der Waals surface area contributed by atoms with Crippen LogP contribution < -0.4 is 9.47 Å². The van der Waals surface area contributed by atoms with Crippen LogP contribution in [0, 0.1) is 0 Å². The molecule has 0 unspecified atom stereocenters. The molecule has 1 heterocycles. The Bertz CT molecular complexity index is 1130. The van der Waals surface area contributed by atoms with E-state index in [9.17, 15) is 9.59 Å². The molecule has 0 atom stereocenters.